The lowest BCUT2D eigenvalue weighted by Gasteiger charge is -2.20. The van der Waals surface area contributed by atoms with Crippen molar-refractivity contribution in [3.05, 3.63) is 35.4 Å². The van der Waals surface area contributed by atoms with Crippen molar-refractivity contribution < 1.29 is 14.3 Å². The predicted octanol–water partition coefficient (Wildman–Crippen LogP) is 2.91. The second-order valence-electron chi connectivity index (χ2n) is 4.62. The van der Waals surface area contributed by atoms with Crippen molar-refractivity contribution in [1.29, 1.82) is 0 Å². The molecule has 16 heavy (non-hydrogen) atoms. The summed E-state index contributed by atoms with van der Waals surface area (Å²) in [6.07, 6.45) is 1.89. The topological polar surface area (TPSA) is 37.3 Å². The Labute approximate surface area is 94.1 Å². The Morgan fingerprint density at radius 2 is 2.00 bits per heavy atom. The molecule has 0 aromatic heterocycles. The van der Waals surface area contributed by atoms with E-state index in [1.807, 2.05) is 0 Å². The Bertz CT molecular complexity index is 391. The number of rotatable bonds is 4. The summed E-state index contributed by atoms with van der Waals surface area (Å²) in [7, 11) is 0. The Morgan fingerprint density at radius 3 is 2.44 bits per heavy atom. The molecule has 1 aromatic carbocycles. The standard InChI is InChI=1S/C13H15FO2/c1-13(14,11-6-7-11)10-4-2-9(3-5-10)8-12(15)16/h2-5,11H,6-8H2,1H3,(H,15,16). The van der Waals surface area contributed by atoms with Crippen LogP contribution in [0.2, 0.25) is 0 Å². The molecule has 0 radical (unpaired) electrons. The minimum absolute atomic E-state index is 0.00723. The van der Waals surface area contributed by atoms with Gasteiger partial charge in [-0.15, -0.1) is 0 Å². The highest BCUT2D eigenvalue weighted by Gasteiger charge is 2.43. The van der Waals surface area contributed by atoms with Gasteiger partial charge in [-0.25, -0.2) is 4.39 Å². The summed E-state index contributed by atoms with van der Waals surface area (Å²) in [6, 6.07) is 6.81. The molecular formula is C13H15FO2. The first-order valence-corrected chi connectivity index (χ1v) is 5.50. The van der Waals surface area contributed by atoms with Gasteiger partial charge in [-0.05, 0) is 36.8 Å². The van der Waals surface area contributed by atoms with Crippen molar-refractivity contribution in [1.82, 2.24) is 0 Å². The summed E-state index contributed by atoms with van der Waals surface area (Å²) in [5, 5.41) is 8.62. The van der Waals surface area contributed by atoms with E-state index in [1.54, 1.807) is 31.2 Å². The molecule has 1 aliphatic carbocycles. The molecule has 1 saturated carbocycles. The highest BCUT2D eigenvalue weighted by molar-refractivity contribution is 5.70. The van der Waals surface area contributed by atoms with Crippen LogP contribution in [0.15, 0.2) is 24.3 Å². The molecule has 0 spiro atoms. The van der Waals surface area contributed by atoms with E-state index in [0.29, 0.717) is 11.1 Å². The van der Waals surface area contributed by atoms with Crippen LogP contribution in [0.3, 0.4) is 0 Å². The normalized spacial score (nSPS) is 19.1. The van der Waals surface area contributed by atoms with Crippen LogP contribution in [0.1, 0.15) is 30.9 Å². The maximum Gasteiger partial charge on any atom is 0.307 e. The first-order chi connectivity index (χ1) is 7.50. The molecular weight excluding hydrogens is 207 g/mol. The average Bonchev–Trinajstić information content (AvgIpc) is 3.00. The van der Waals surface area contributed by atoms with Gasteiger partial charge in [0.2, 0.25) is 0 Å². The molecule has 0 heterocycles. The number of carbonyl (C=O) groups is 1. The van der Waals surface area contributed by atoms with Crippen LogP contribution in [0.25, 0.3) is 0 Å². The predicted molar refractivity (Wildman–Crippen MR) is 59.0 cm³/mol. The molecule has 0 saturated heterocycles. The van der Waals surface area contributed by atoms with Crippen LogP contribution < -0.4 is 0 Å². The third-order valence-electron chi connectivity index (χ3n) is 3.22. The summed E-state index contributed by atoms with van der Waals surface area (Å²) < 4.78 is 14.3. The summed E-state index contributed by atoms with van der Waals surface area (Å²) in [6.45, 7) is 1.61. The van der Waals surface area contributed by atoms with Crippen molar-refractivity contribution in [2.75, 3.05) is 0 Å². The fourth-order valence-corrected chi connectivity index (χ4v) is 1.98. The van der Waals surface area contributed by atoms with Crippen molar-refractivity contribution in [3.8, 4) is 0 Å². The Balaban J connectivity index is 2.15. The molecule has 2 rings (SSSR count). The second-order valence-corrected chi connectivity index (χ2v) is 4.62. The monoisotopic (exact) mass is 222 g/mol. The maximum absolute atomic E-state index is 14.3. The smallest absolute Gasteiger partial charge is 0.307 e. The van der Waals surface area contributed by atoms with Gasteiger partial charge in [-0.3, -0.25) is 4.79 Å². The SMILES string of the molecule is CC(F)(c1ccc(CC(=O)O)cc1)C1CC1. The average molecular weight is 222 g/mol. The van der Waals surface area contributed by atoms with Gasteiger partial charge in [-0.2, -0.15) is 0 Å². The van der Waals surface area contributed by atoms with Gasteiger partial charge in [0.15, 0.2) is 0 Å². The maximum atomic E-state index is 14.3. The van der Waals surface area contributed by atoms with Crippen LogP contribution in [0.4, 0.5) is 4.39 Å². The van der Waals surface area contributed by atoms with E-state index < -0.39 is 11.6 Å². The van der Waals surface area contributed by atoms with Gasteiger partial charge in [0, 0.05) is 0 Å². The molecule has 0 bridgehead atoms. The number of alkyl halides is 1. The number of benzene rings is 1. The molecule has 2 nitrogen and oxygen atoms in total. The number of hydrogen-bond acceptors (Lipinski definition) is 1. The molecule has 1 N–H and O–H groups in total. The lowest BCUT2D eigenvalue weighted by Crippen LogP contribution is -2.17. The molecule has 1 unspecified atom stereocenters. The summed E-state index contributed by atoms with van der Waals surface area (Å²) >= 11 is 0. The Hall–Kier alpha value is -1.38. The van der Waals surface area contributed by atoms with E-state index in [9.17, 15) is 9.18 Å². The number of carboxylic acid groups (broad SMARTS) is 1. The fraction of sp³-hybridized carbons (Fsp3) is 0.462. The highest BCUT2D eigenvalue weighted by Crippen LogP contribution is 2.48. The van der Waals surface area contributed by atoms with Gasteiger partial charge in [0.05, 0.1) is 6.42 Å². The Morgan fingerprint density at radius 1 is 1.44 bits per heavy atom. The van der Waals surface area contributed by atoms with Gasteiger partial charge < -0.3 is 5.11 Å². The molecule has 0 amide bonds. The second kappa shape index (κ2) is 3.89. The van der Waals surface area contributed by atoms with Crippen LogP contribution in [0.5, 0.6) is 0 Å². The van der Waals surface area contributed by atoms with E-state index in [1.165, 1.54) is 0 Å². The number of halogens is 1. The van der Waals surface area contributed by atoms with Crippen molar-refractivity contribution >= 4 is 5.97 Å². The van der Waals surface area contributed by atoms with Gasteiger partial charge in [0.1, 0.15) is 5.67 Å². The van der Waals surface area contributed by atoms with E-state index in [2.05, 4.69) is 0 Å². The van der Waals surface area contributed by atoms with Crippen LogP contribution >= 0.6 is 0 Å². The molecule has 1 atom stereocenters. The lowest BCUT2D eigenvalue weighted by atomic mass is 9.92. The molecule has 0 aliphatic heterocycles. The number of hydrogen-bond donors (Lipinski definition) is 1. The molecule has 1 aromatic rings. The fourth-order valence-electron chi connectivity index (χ4n) is 1.98. The van der Waals surface area contributed by atoms with Crippen molar-refractivity contribution in [2.24, 2.45) is 5.92 Å². The van der Waals surface area contributed by atoms with Crippen LogP contribution in [-0.2, 0) is 16.9 Å². The van der Waals surface area contributed by atoms with E-state index in [0.717, 1.165) is 12.8 Å². The quantitative estimate of drug-likeness (QED) is 0.850. The molecule has 1 fully saturated rings. The third-order valence-corrected chi connectivity index (χ3v) is 3.22. The summed E-state index contributed by atoms with van der Waals surface area (Å²) in [4.78, 5) is 10.5. The molecule has 86 valence electrons. The summed E-state index contributed by atoms with van der Waals surface area (Å²) in [5.41, 5.74) is 0.105. The van der Waals surface area contributed by atoms with Gasteiger partial charge >= 0.3 is 5.97 Å². The molecule has 3 heteroatoms. The van der Waals surface area contributed by atoms with E-state index >= 15 is 0 Å². The largest absolute Gasteiger partial charge is 0.481 e. The zero-order valence-corrected chi connectivity index (χ0v) is 9.24. The van der Waals surface area contributed by atoms with Crippen LogP contribution in [-0.4, -0.2) is 11.1 Å². The Kier molecular flexibility index (Phi) is 2.70. The highest BCUT2D eigenvalue weighted by atomic mass is 19.1. The van der Waals surface area contributed by atoms with E-state index in [4.69, 9.17) is 5.11 Å². The summed E-state index contributed by atoms with van der Waals surface area (Å²) in [5.74, 6) is -0.726. The number of carboxylic acids is 1. The number of aliphatic carboxylic acids is 1. The van der Waals surface area contributed by atoms with Gasteiger partial charge in [0.25, 0.3) is 0 Å². The zero-order chi connectivity index (χ0) is 11.8. The lowest BCUT2D eigenvalue weighted by molar-refractivity contribution is -0.136. The first kappa shape index (κ1) is 11.1. The zero-order valence-electron chi connectivity index (χ0n) is 9.24. The first-order valence-electron chi connectivity index (χ1n) is 5.50. The van der Waals surface area contributed by atoms with Crippen molar-refractivity contribution in [3.63, 3.8) is 0 Å². The van der Waals surface area contributed by atoms with Crippen molar-refractivity contribution in [2.45, 2.75) is 31.9 Å². The van der Waals surface area contributed by atoms with Crippen LogP contribution in [0, 0.1) is 5.92 Å². The minimum atomic E-state index is -1.26. The van der Waals surface area contributed by atoms with Gasteiger partial charge in [-0.1, -0.05) is 24.3 Å². The molecule has 1 aliphatic rings. The minimum Gasteiger partial charge on any atom is -0.481 e. The van der Waals surface area contributed by atoms with E-state index in [-0.39, 0.29) is 12.3 Å². The third kappa shape index (κ3) is 2.23.